The van der Waals surface area contributed by atoms with Gasteiger partial charge in [0, 0.05) is 24.0 Å². The maximum absolute atomic E-state index is 11.4. The summed E-state index contributed by atoms with van der Waals surface area (Å²) in [7, 11) is 2.90. The zero-order valence-corrected chi connectivity index (χ0v) is 14.9. The number of imidazole rings is 1. The fourth-order valence-electron chi connectivity index (χ4n) is 2.32. The number of ether oxygens (including phenoxy) is 3. The summed E-state index contributed by atoms with van der Waals surface area (Å²) in [6, 6.07) is 11.3. The number of hydrogen-bond acceptors (Lipinski definition) is 5. The molecule has 0 saturated carbocycles. The van der Waals surface area contributed by atoms with Crippen LogP contribution < -0.4 is 9.47 Å². The molecule has 0 N–H and O–H groups in total. The van der Waals surface area contributed by atoms with Crippen molar-refractivity contribution >= 4 is 11.6 Å². The number of benzene rings is 1. The zero-order chi connectivity index (χ0) is 18.2. The second-order valence-corrected chi connectivity index (χ2v) is 4.79. The minimum Gasteiger partial charge on any atom is -0.497 e. The van der Waals surface area contributed by atoms with Gasteiger partial charge in [-0.3, -0.25) is 4.40 Å². The molecule has 0 aliphatic carbocycles. The SMILES string of the molecule is CC.COC(=O)COc1cc(OC)ccc1-c1cccc2nccn12. The third kappa shape index (κ3) is 4.09. The number of nitrogens with zero attached hydrogens (tertiary/aromatic N) is 2. The molecule has 0 spiro atoms. The lowest BCUT2D eigenvalue weighted by Crippen LogP contribution is -2.13. The molecule has 6 nitrogen and oxygen atoms in total. The first-order chi connectivity index (χ1) is 12.2. The van der Waals surface area contributed by atoms with Crippen molar-refractivity contribution in [3.63, 3.8) is 0 Å². The fourth-order valence-corrected chi connectivity index (χ4v) is 2.32. The lowest BCUT2D eigenvalue weighted by atomic mass is 10.1. The molecule has 0 radical (unpaired) electrons. The summed E-state index contributed by atoms with van der Waals surface area (Å²) in [5.74, 6) is 0.738. The second kappa shape index (κ2) is 8.73. The van der Waals surface area contributed by atoms with Crippen LogP contribution in [0.1, 0.15) is 13.8 Å². The van der Waals surface area contributed by atoms with Gasteiger partial charge in [-0.15, -0.1) is 0 Å². The van der Waals surface area contributed by atoms with E-state index < -0.39 is 5.97 Å². The monoisotopic (exact) mass is 342 g/mol. The van der Waals surface area contributed by atoms with E-state index in [1.54, 1.807) is 19.4 Å². The Labute approximate surface area is 147 Å². The van der Waals surface area contributed by atoms with Crippen LogP contribution in [0, 0.1) is 0 Å². The largest absolute Gasteiger partial charge is 0.497 e. The van der Waals surface area contributed by atoms with Crippen LogP contribution in [-0.2, 0) is 9.53 Å². The lowest BCUT2D eigenvalue weighted by molar-refractivity contribution is -0.142. The van der Waals surface area contributed by atoms with Crippen molar-refractivity contribution in [3.8, 4) is 22.8 Å². The Bertz CT molecular complexity index is 842. The van der Waals surface area contributed by atoms with Crippen LogP contribution in [-0.4, -0.2) is 36.2 Å². The molecule has 0 unspecified atom stereocenters. The van der Waals surface area contributed by atoms with E-state index in [-0.39, 0.29) is 6.61 Å². The normalized spacial score (nSPS) is 9.92. The van der Waals surface area contributed by atoms with E-state index in [0.717, 1.165) is 16.9 Å². The summed E-state index contributed by atoms with van der Waals surface area (Å²) in [6.07, 6.45) is 3.61. The highest BCUT2D eigenvalue weighted by Crippen LogP contribution is 2.33. The summed E-state index contributed by atoms with van der Waals surface area (Å²) in [5.41, 5.74) is 2.57. The van der Waals surface area contributed by atoms with Crippen molar-refractivity contribution < 1.29 is 19.0 Å². The third-order valence-corrected chi connectivity index (χ3v) is 3.47. The van der Waals surface area contributed by atoms with Gasteiger partial charge >= 0.3 is 5.97 Å². The predicted molar refractivity (Wildman–Crippen MR) is 96.0 cm³/mol. The number of methoxy groups -OCH3 is 2. The van der Waals surface area contributed by atoms with Crippen molar-refractivity contribution in [2.75, 3.05) is 20.8 Å². The van der Waals surface area contributed by atoms with Gasteiger partial charge in [0.15, 0.2) is 6.61 Å². The average molecular weight is 342 g/mol. The molecule has 1 aromatic carbocycles. The first-order valence-corrected chi connectivity index (χ1v) is 8.03. The van der Waals surface area contributed by atoms with Gasteiger partial charge in [0.25, 0.3) is 0 Å². The van der Waals surface area contributed by atoms with E-state index in [4.69, 9.17) is 9.47 Å². The fraction of sp³-hybridized carbons (Fsp3) is 0.263. The van der Waals surface area contributed by atoms with E-state index in [1.807, 2.05) is 54.8 Å². The molecule has 0 saturated heterocycles. The van der Waals surface area contributed by atoms with E-state index in [9.17, 15) is 4.79 Å². The number of esters is 1. The smallest absolute Gasteiger partial charge is 0.343 e. The molecular formula is C19H22N2O4. The number of carbonyl (C=O) groups is 1. The van der Waals surface area contributed by atoms with Crippen LogP contribution >= 0.6 is 0 Å². The van der Waals surface area contributed by atoms with Gasteiger partial charge in [-0.1, -0.05) is 19.9 Å². The van der Waals surface area contributed by atoms with Gasteiger partial charge in [0.05, 0.1) is 19.9 Å². The number of pyridine rings is 1. The first kappa shape index (κ1) is 18.3. The molecule has 2 heterocycles. The Morgan fingerprint density at radius 2 is 1.96 bits per heavy atom. The molecule has 0 atom stereocenters. The number of carbonyl (C=O) groups excluding carboxylic acids is 1. The van der Waals surface area contributed by atoms with Crippen LogP contribution in [0.2, 0.25) is 0 Å². The first-order valence-electron chi connectivity index (χ1n) is 8.03. The maximum atomic E-state index is 11.4. The summed E-state index contributed by atoms with van der Waals surface area (Å²) in [5, 5.41) is 0. The number of rotatable bonds is 5. The highest BCUT2D eigenvalue weighted by Gasteiger charge is 2.13. The topological polar surface area (TPSA) is 62.1 Å². The van der Waals surface area contributed by atoms with Crippen LogP contribution in [0.3, 0.4) is 0 Å². The molecule has 3 rings (SSSR count). The van der Waals surface area contributed by atoms with Gasteiger partial charge in [0.2, 0.25) is 0 Å². The zero-order valence-electron chi connectivity index (χ0n) is 14.9. The Kier molecular flexibility index (Phi) is 6.39. The van der Waals surface area contributed by atoms with Crippen LogP contribution in [0.25, 0.3) is 16.9 Å². The van der Waals surface area contributed by atoms with Crippen molar-refractivity contribution in [3.05, 3.63) is 48.8 Å². The Morgan fingerprint density at radius 3 is 2.68 bits per heavy atom. The number of aromatic nitrogens is 2. The Hall–Kier alpha value is -3.02. The van der Waals surface area contributed by atoms with Crippen molar-refractivity contribution in [2.24, 2.45) is 0 Å². The molecule has 0 aliphatic rings. The molecule has 25 heavy (non-hydrogen) atoms. The molecule has 2 aromatic heterocycles. The highest BCUT2D eigenvalue weighted by atomic mass is 16.6. The van der Waals surface area contributed by atoms with Crippen LogP contribution in [0.15, 0.2) is 48.8 Å². The standard InChI is InChI=1S/C17H16N2O4.C2H6/c1-21-12-6-7-13(15(10-12)23-11-17(20)22-2)14-4-3-5-16-18-8-9-19(14)16;1-2/h3-10H,11H2,1-2H3;1-2H3. The predicted octanol–water partition coefficient (Wildman–Crippen LogP) is 3.59. The van der Waals surface area contributed by atoms with E-state index in [0.29, 0.717) is 11.5 Å². The summed E-state index contributed by atoms with van der Waals surface area (Å²) < 4.78 is 17.4. The molecule has 0 fully saturated rings. The van der Waals surface area contributed by atoms with Crippen molar-refractivity contribution in [1.82, 2.24) is 9.38 Å². The van der Waals surface area contributed by atoms with Crippen molar-refractivity contribution in [1.29, 1.82) is 0 Å². The minimum atomic E-state index is -0.445. The van der Waals surface area contributed by atoms with E-state index in [2.05, 4.69) is 9.72 Å². The number of fused-ring (bicyclic) bond motifs is 1. The quantitative estimate of drug-likeness (QED) is 0.663. The highest BCUT2D eigenvalue weighted by molar-refractivity contribution is 5.74. The van der Waals surface area contributed by atoms with Gasteiger partial charge in [0.1, 0.15) is 17.1 Å². The minimum absolute atomic E-state index is 0.170. The van der Waals surface area contributed by atoms with E-state index >= 15 is 0 Å². The van der Waals surface area contributed by atoms with E-state index in [1.165, 1.54) is 7.11 Å². The van der Waals surface area contributed by atoms with Crippen LogP contribution in [0.4, 0.5) is 0 Å². The summed E-state index contributed by atoms with van der Waals surface area (Å²) in [6.45, 7) is 3.83. The van der Waals surface area contributed by atoms with Gasteiger partial charge in [-0.25, -0.2) is 9.78 Å². The Balaban J connectivity index is 0.00000109. The van der Waals surface area contributed by atoms with Crippen molar-refractivity contribution in [2.45, 2.75) is 13.8 Å². The lowest BCUT2D eigenvalue weighted by Gasteiger charge is -2.13. The molecule has 0 bridgehead atoms. The molecule has 132 valence electrons. The average Bonchev–Trinajstić information content (AvgIpc) is 3.16. The summed E-state index contributed by atoms with van der Waals surface area (Å²) >= 11 is 0. The summed E-state index contributed by atoms with van der Waals surface area (Å²) in [4.78, 5) is 15.6. The third-order valence-electron chi connectivity index (χ3n) is 3.47. The van der Waals surface area contributed by atoms with Gasteiger partial charge < -0.3 is 14.2 Å². The molecule has 3 aromatic rings. The van der Waals surface area contributed by atoms with Gasteiger partial charge in [-0.05, 0) is 24.3 Å². The Morgan fingerprint density at radius 1 is 1.16 bits per heavy atom. The molecule has 0 amide bonds. The molecular weight excluding hydrogens is 320 g/mol. The van der Waals surface area contributed by atoms with Crippen LogP contribution in [0.5, 0.6) is 11.5 Å². The second-order valence-electron chi connectivity index (χ2n) is 4.79. The molecule has 0 aliphatic heterocycles. The maximum Gasteiger partial charge on any atom is 0.343 e. The van der Waals surface area contributed by atoms with Gasteiger partial charge in [-0.2, -0.15) is 0 Å². The number of hydrogen-bond donors (Lipinski definition) is 0. The molecule has 6 heteroatoms.